The first-order valence-electron chi connectivity index (χ1n) is 6.91. The highest BCUT2D eigenvalue weighted by molar-refractivity contribution is 6.30. The number of halogens is 1. The van der Waals surface area contributed by atoms with Gasteiger partial charge in [-0.1, -0.05) is 29.8 Å². The van der Waals surface area contributed by atoms with E-state index < -0.39 is 5.91 Å². The zero-order valence-corrected chi connectivity index (χ0v) is 12.9. The van der Waals surface area contributed by atoms with Crippen molar-refractivity contribution in [2.45, 2.75) is 19.4 Å². The monoisotopic (exact) mass is 316 g/mol. The van der Waals surface area contributed by atoms with Crippen molar-refractivity contribution < 1.29 is 9.59 Å². The van der Waals surface area contributed by atoms with Crippen LogP contribution in [0.25, 0.3) is 0 Å². The number of carbonyl (C=O) groups excluding carboxylic acids is 2. The Morgan fingerprint density at radius 3 is 2.50 bits per heavy atom. The van der Waals surface area contributed by atoms with Gasteiger partial charge in [-0.15, -0.1) is 0 Å². The highest BCUT2D eigenvalue weighted by Gasteiger charge is 2.12. The second kappa shape index (κ2) is 7.09. The lowest BCUT2D eigenvalue weighted by Gasteiger charge is -2.14. The van der Waals surface area contributed by atoms with Crippen LogP contribution in [0.3, 0.4) is 0 Å². The number of nitrogens with one attached hydrogen (secondary N) is 1. The first kappa shape index (κ1) is 16.0. The Morgan fingerprint density at radius 2 is 1.82 bits per heavy atom. The number of primary amides is 1. The van der Waals surface area contributed by atoms with E-state index in [1.165, 1.54) is 6.07 Å². The zero-order chi connectivity index (χ0) is 16.1. The predicted octanol–water partition coefficient (Wildman–Crippen LogP) is 2.80. The molecule has 0 saturated carbocycles. The number of hydrogen-bond acceptors (Lipinski definition) is 2. The van der Waals surface area contributed by atoms with Crippen LogP contribution in [0, 0.1) is 0 Å². The topological polar surface area (TPSA) is 72.2 Å². The molecule has 0 aliphatic carbocycles. The van der Waals surface area contributed by atoms with Crippen LogP contribution in [-0.4, -0.2) is 17.9 Å². The van der Waals surface area contributed by atoms with Gasteiger partial charge >= 0.3 is 0 Å². The van der Waals surface area contributed by atoms with Gasteiger partial charge in [-0.05, 0) is 49.2 Å². The van der Waals surface area contributed by atoms with Crippen molar-refractivity contribution >= 4 is 23.4 Å². The average molecular weight is 317 g/mol. The van der Waals surface area contributed by atoms with Crippen LogP contribution in [0.2, 0.25) is 5.02 Å². The first-order chi connectivity index (χ1) is 10.5. The van der Waals surface area contributed by atoms with Crippen LogP contribution in [-0.2, 0) is 6.42 Å². The zero-order valence-electron chi connectivity index (χ0n) is 12.2. The molecular formula is C17H17ClN2O2. The summed E-state index contributed by atoms with van der Waals surface area (Å²) in [6, 6.07) is 13.8. The lowest BCUT2D eigenvalue weighted by atomic mass is 10.1. The minimum absolute atomic E-state index is 0.0665. The summed E-state index contributed by atoms with van der Waals surface area (Å²) in [6.07, 6.45) is 0.668. The quantitative estimate of drug-likeness (QED) is 0.890. The normalized spacial score (nSPS) is 11.7. The maximum absolute atomic E-state index is 12.2. The third-order valence-corrected chi connectivity index (χ3v) is 3.45. The molecule has 22 heavy (non-hydrogen) atoms. The van der Waals surface area contributed by atoms with Crippen molar-refractivity contribution in [2.75, 3.05) is 0 Å². The highest BCUT2D eigenvalue weighted by Crippen LogP contribution is 2.12. The largest absolute Gasteiger partial charge is 0.366 e. The van der Waals surface area contributed by atoms with Crippen LogP contribution >= 0.6 is 11.6 Å². The molecule has 0 radical (unpaired) electrons. The van der Waals surface area contributed by atoms with Crippen molar-refractivity contribution in [3.05, 3.63) is 70.2 Å². The molecule has 3 N–H and O–H groups in total. The van der Waals surface area contributed by atoms with Crippen molar-refractivity contribution in [1.29, 1.82) is 0 Å². The lowest BCUT2D eigenvalue weighted by molar-refractivity contribution is 0.0940. The molecule has 1 atom stereocenters. The van der Waals surface area contributed by atoms with Gasteiger partial charge in [0.25, 0.3) is 5.91 Å². The molecule has 0 unspecified atom stereocenters. The standard InChI is InChI=1S/C17H17ClN2O2/c1-11(8-12-4-2-7-15(18)9-12)20-17(22)14-6-3-5-13(10-14)16(19)21/h2-7,9-11H,8H2,1H3,(H2,19,21)(H,20,22)/t11-/m0/s1. The van der Waals surface area contributed by atoms with Crippen molar-refractivity contribution in [3.63, 3.8) is 0 Å². The summed E-state index contributed by atoms with van der Waals surface area (Å²) in [5, 5.41) is 3.57. The van der Waals surface area contributed by atoms with Crippen LogP contribution < -0.4 is 11.1 Å². The Balaban J connectivity index is 2.02. The van der Waals surface area contributed by atoms with E-state index in [0.29, 0.717) is 22.6 Å². The molecule has 2 rings (SSSR count). The molecule has 4 nitrogen and oxygen atoms in total. The van der Waals surface area contributed by atoms with Gasteiger partial charge in [0.15, 0.2) is 0 Å². The van der Waals surface area contributed by atoms with Gasteiger partial charge in [0.05, 0.1) is 0 Å². The van der Waals surface area contributed by atoms with Gasteiger partial charge in [0, 0.05) is 22.2 Å². The summed E-state index contributed by atoms with van der Waals surface area (Å²) in [5.74, 6) is -0.792. The summed E-state index contributed by atoms with van der Waals surface area (Å²) >= 11 is 5.95. The van der Waals surface area contributed by atoms with Crippen LogP contribution in [0.5, 0.6) is 0 Å². The van der Waals surface area contributed by atoms with Gasteiger partial charge in [-0.25, -0.2) is 0 Å². The molecule has 0 fully saturated rings. The van der Waals surface area contributed by atoms with Gasteiger partial charge < -0.3 is 11.1 Å². The summed E-state index contributed by atoms with van der Waals surface area (Å²) in [6.45, 7) is 1.91. The van der Waals surface area contributed by atoms with E-state index in [9.17, 15) is 9.59 Å². The minimum atomic E-state index is -0.554. The molecule has 0 spiro atoms. The summed E-state index contributed by atoms with van der Waals surface area (Å²) in [4.78, 5) is 23.3. The third-order valence-electron chi connectivity index (χ3n) is 3.22. The number of hydrogen-bond donors (Lipinski definition) is 2. The SMILES string of the molecule is C[C@@H](Cc1cccc(Cl)c1)NC(=O)c1cccc(C(N)=O)c1. The van der Waals surface area contributed by atoms with Gasteiger partial charge in [-0.2, -0.15) is 0 Å². The Bertz CT molecular complexity index is 701. The predicted molar refractivity (Wildman–Crippen MR) is 87.0 cm³/mol. The number of benzene rings is 2. The van der Waals surface area contributed by atoms with E-state index in [1.807, 2.05) is 31.2 Å². The fraction of sp³-hybridized carbons (Fsp3) is 0.176. The molecule has 0 aromatic heterocycles. The van der Waals surface area contributed by atoms with Gasteiger partial charge in [0.1, 0.15) is 0 Å². The van der Waals surface area contributed by atoms with E-state index >= 15 is 0 Å². The van der Waals surface area contributed by atoms with E-state index in [1.54, 1.807) is 18.2 Å². The first-order valence-corrected chi connectivity index (χ1v) is 7.28. The number of rotatable bonds is 5. The van der Waals surface area contributed by atoms with Crippen LogP contribution in [0.15, 0.2) is 48.5 Å². The molecule has 114 valence electrons. The second-order valence-corrected chi connectivity index (χ2v) is 5.59. The van der Waals surface area contributed by atoms with Gasteiger partial charge in [-0.3, -0.25) is 9.59 Å². The molecule has 0 bridgehead atoms. The number of nitrogens with two attached hydrogens (primary N) is 1. The van der Waals surface area contributed by atoms with Crippen molar-refractivity contribution in [3.8, 4) is 0 Å². The molecule has 2 aromatic carbocycles. The molecule has 0 aliphatic rings. The molecule has 2 aromatic rings. The van der Waals surface area contributed by atoms with E-state index in [2.05, 4.69) is 5.32 Å². The second-order valence-electron chi connectivity index (χ2n) is 5.15. The molecule has 5 heteroatoms. The van der Waals surface area contributed by atoms with Crippen LogP contribution in [0.1, 0.15) is 33.2 Å². The number of amides is 2. The molecule has 2 amide bonds. The Labute approximate surface area is 134 Å². The maximum Gasteiger partial charge on any atom is 0.251 e. The van der Waals surface area contributed by atoms with E-state index in [-0.39, 0.29) is 11.9 Å². The number of carbonyl (C=O) groups is 2. The van der Waals surface area contributed by atoms with E-state index in [0.717, 1.165) is 5.56 Å². The fourth-order valence-corrected chi connectivity index (χ4v) is 2.40. The van der Waals surface area contributed by atoms with Gasteiger partial charge in [0.2, 0.25) is 5.91 Å². The average Bonchev–Trinajstić information content (AvgIpc) is 2.47. The van der Waals surface area contributed by atoms with Crippen LogP contribution in [0.4, 0.5) is 0 Å². The summed E-state index contributed by atoms with van der Waals surface area (Å²) < 4.78 is 0. The molecular weight excluding hydrogens is 300 g/mol. The van der Waals surface area contributed by atoms with E-state index in [4.69, 9.17) is 17.3 Å². The fourth-order valence-electron chi connectivity index (χ4n) is 2.19. The van der Waals surface area contributed by atoms with Crippen molar-refractivity contribution in [2.24, 2.45) is 5.73 Å². The summed E-state index contributed by atoms with van der Waals surface area (Å²) in [7, 11) is 0. The summed E-state index contributed by atoms with van der Waals surface area (Å²) in [5.41, 5.74) is 6.99. The Morgan fingerprint density at radius 1 is 1.14 bits per heavy atom. The Hall–Kier alpha value is -2.33. The maximum atomic E-state index is 12.2. The molecule has 0 heterocycles. The highest BCUT2D eigenvalue weighted by atomic mass is 35.5. The smallest absolute Gasteiger partial charge is 0.251 e. The minimum Gasteiger partial charge on any atom is -0.366 e. The molecule has 0 aliphatic heterocycles. The van der Waals surface area contributed by atoms with Crippen molar-refractivity contribution in [1.82, 2.24) is 5.32 Å². The third kappa shape index (κ3) is 4.33. The Kier molecular flexibility index (Phi) is 5.17. The lowest BCUT2D eigenvalue weighted by Crippen LogP contribution is -2.34. The molecule has 0 saturated heterocycles.